The fourth-order valence-electron chi connectivity index (χ4n) is 1.68. The van der Waals surface area contributed by atoms with Crippen molar-refractivity contribution in [1.82, 2.24) is 5.32 Å². The second-order valence-corrected chi connectivity index (χ2v) is 5.11. The lowest BCUT2D eigenvalue weighted by Gasteiger charge is -2.13. The number of hydrogen-bond donors (Lipinski definition) is 1. The highest BCUT2D eigenvalue weighted by Gasteiger charge is 2.15. The first kappa shape index (κ1) is 16.1. The quantitative estimate of drug-likeness (QED) is 0.636. The van der Waals surface area contributed by atoms with Crippen LogP contribution in [0.5, 0.6) is 0 Å². The maximum absolute atomic E-state index is 11.8. The summed E-state index contributed by atoms with van der Waals surface area (Å²) in [5.74, 6) is -0.247. The van der Waals surface area contributed by atoms with Gasteiger partial charge in [0.05, 0.1) is 28.3 Å². The summed E-state index contributed by atoms with van der Waals surface area (Å²) in [6.07, 6.45) is 0.971. The Hall–Kier alpha value is -1.94. The van der Waals surface area contributed by atoms with Gasteiger partial charge in [0, 0.05) is 12.1 Å². The fourth-order valence-corrected chi connectivity index (χ4v) is 2.07. The molecule has 0 radical (unpaired) electrons. The van der Waals surface area contributed by atoms with Crippen molar-refractivity contribution in [3.8, 4) is 6.07 Å². The molecule has 0 unspecified atom stereocenters. The zero-order chi connectivity index (χ0) is 15.1. The summed E-state index contributed by atoms with van der Waals surface area (Å²) >= 11 is 3.09. The Morgan fingerprint density at radius 1 is 1.60 bits per heavy atom. The zero-order valence-corrected chi connectivity index (χ0v) is 12.5. The van der Waals surface area contributed by atoms with Crippen molar-refractivity contribution in [1.29, 1.82) is 5.26 Å². The van der Waals surface area contributed by atoms with E-state index in [9.17, 15) is 14.9 Å². The molecule has 0 aliphatic rings. The third kappa shape index (κ3) is 4.63. The van der Waals surface area contributed by atoms with Gasteiger partial charge in [-0.15, -0.1) is 0 Å². The van der Waals surface area contributed by atoms with Crippen LogP contribution in [0.4, 0.5) is 5.69 Å². The second kappa shape index (κ2) is 7.60. The number of nitriles is 1. The predicted octanol–water partition coefficient (Wildman–Crippen LogP) is 2.71. The van der Waals surface area contributed by atoms with Crippen molar-refractivity contribution in [3.63, 3.8) is 0 Å². The minimum Gasteiger partial charge on any atom is -0.352 e. The first-order chi connectivity index (χ1) is 9.47. The molecule has 0 bridgehead atoms. The molecular weight excluding hydrogens is 326 g/mol. The van der Waals surface area contributed by atoms with Gasteiger partial charge in [0.25, 0.3) is 5.69 Å². The minimum absolute atomic E-state index is 0.0516. The van der Waals surface area contributed by atoms with Gasteiger partial charge >= 0.3 is 0 Å². The summed E-state index contributed by atoms with van der Waals surface area (Å²) in [6.45, 7) is 1.88. The number of carbonyl (C=O) groups is 1. The lowest BCUT2D eigenvalue weighted by molar-refractivity contribution is -0.385. The van der Waals surface area contributed by atoms with Gasteiger partial charge < -0.3 is 5.32 Å². The molecule has 1 aromatic rings. The molecule has 1 aromatic carbocycles. The first-order valence-electron chi connectivity index (χ1n) is 6.07. The van der Waals surface area contributed by atoms with E-state index in [1.165, 1.54) is 6.07 Å². The van der Waals surface area contributed by atoms with Gasteiger partial charge in [-0.25, -0.2) is 0 Å². The third-order valence-corrected chi connectivity index (χ3v) is 3.44. The molecule has 1 rings (SSSR count). The van der Waals surface area contributed by atoms with Gasteiger partial charge in [-0.2, -0.15) is 5.26 Å². The number of hydrogen-bond acceptors (Lipinski definition) is 4. The molecule has 0 fully saturated rings. The van der Waals surface area contributed by atoms with E-state index in [0.717, 1.165) is 0 Å². The Bertz CT molecular complexity index is 554. The van der Waals surface area contributed by atoms with E-state index >= 15 is 0 Å². The molecule has 0 saturated heterocycles. The molecule has 0 heterocycles. The SMILES string of the molecule is CC[C@@H](CC#N)NC(=O)Cc1ccc(Br)c([N+](=O)[O-])c1. The van der Waals surface area contributed by atoms with Gasteiger partial charge in [0.2, 0.25) is 5.91 Å². The Morgan fingerprint density at radius 2 is 2.30 bits per heavy atom. The summed E-state index contributed by atoms with van der Waals surface area (Å²) in [7, 11) is 0. The number of nitro benzene ring substituents is 1. The van der Waals surface area contributed by atoms with Crippen LogP contribution in [0.2, 0.25) is 0 Å². The van der Waals surface area contributed by atoms with Crippen molar-refractivity contribution < 1.29 is 9.72 Å². The molecule has 7 heteroatoms. The highest BCUT2D eigenvalue weighted by Crippen LogP contribution is 2.25. The van der Waals surface area contributed by atoms with Crippen LogP contribution in [-0.2, 0) is 11.2 Å². The Labute approximate surface area is 125 Å². The lowest BCUT2D eigenvalue weighted by atomic mass is 10.1. The van der Waals surface area contributed by atoms with Gasteiger partial charge in [-0.1, -0.05) is 13.0 Å². The average molecular weight is 340 g/mol. The summed E-state index contributed by atoms with van der Waals surface area (Å²) in [6, 6.07) is 6.40. The van der Waals surface area contributed by atoms with E-state index in [4.69, 9.17) is 5.26 Å². The molecule has 6 nitrogen and oxygen atoms in total. The van der Waals surface area contributed by atoms with Crippen LogP contribution in [0, 0.1) is 21.4 Å². The fraction of sp³-hybridized carbons (Fsp3) is 0.385. The van der Waals surface area contributed by atoms with Gasteiger partial charge in [0.1, 0.15) is 0 Å². The molecule has 1 amide bonds. The minimum atomic E-state index is -0.504. The molecular formula is C13H14BrN3O3. The van der Waals surface area contributed by atoms with Crippen LogP contribution < -0.4 is 5.32 Å². The molecule has 1 atom stereocenters. The number of carbonyl (C=O) groups excluding carboxylic acids is 1. The number of rotatable bonds is 6. The maximum atomic E-state index is 11.8. The summed E-state index contributed by atoms with van der Waals surface area (Å²) in [5.41, 5.74) is 0.489. The highest BCUT2D eigenvalue weighted by molar-refractivity contribution is 9.10. The van der Waals surface area contributed by atoms with Gasteiger partial charge in [-0.05, 0) is 34.0 Å². The largest absolute Gasteiger partial charge is 0.352 e. The van der Waals surface area contributed by atoms with Crippen LogP contribution in [-0.4, -0.2) is 16.9 Å². The van der Waals surface area contributed by atoms with Crippen LogP contribution in [0.1, 0.15) is 25.3 Å². The predicted molar refractivity (Wildman–Crippen MR) is 77.0 cm³/mol. The van der Waals surface area contributed by atoms with Crippen molar-refractivity contribution in [3.05, 3.63) is 38.3 Å². The van der Waals surface area contributed by atoms with E-state index in [2.05, 4.69) is 21.2 Å². The number of amides is 1. The number of nitrogens with one attached hydrogen (secondary N) is 1. The maximum Gasteiger partial charge on any atom is 0.283 e. The zero-order valence-electron chi connectivity index (χ0n) is 10.9. The van der Waals surface area contributed by atoms with Crippen LogP contribution in [0.25, 0.3) is 0 Å². The Kier molecular flexibility index (Phi) is 6.12. The summed E-state index contributed by atoms with van der Waals surface area (Å²) in [5, 5.41) is 22.2. The Morgan fingerprint density at radius 3 is 2.85 bits per heavy atom. The first-order valence-corrected chi connectivity index (χ1v) is 6.86. The number of nitrogens with zero attached hydrogens (tertiary/aromatic N) is 2. The summed E-state index contributed by atoms with van der Waals surface area (Å²) < 4.78 is 0.377. The average Bonchev–Trinajstić information content (AvgIpc) is 2.40. The van der Waals surface area contributed by atoms with Crippen LogP contribution in [0.15, 0.2) is 22.7 Å². The number of halogens is 1. The van der Waals surface area contributed by atoms with E-state index in [1.54, 1.807) is 12.1 Å². The monoisotopic (exact) mass is 339 g/mol. The second-order valence-electron chi connectivity index (χ2n) is 4.25. The van der Waals surface area contributed by atoms with Crippen molar-refractivity contribution in [2.24, 2.45) is 0 Å². The van der Waals surface area contributed by atoms with E-state index < -0.39 is 4.92 Å². The van der Waals surface area contributed by atoms with E-state index in [1.807, 2.05) is 13.0 Å². The normalized spacial score (nSPS) is 11.4. The molecule has 0 spiro atoms. The van der Waals surface area contributed by atoms with E-state index in [-0.39, 0.29) is 30.5 Å². The molecule has 0 aromatic heterocycles. The van der Waals surface area contributed by atoms with Gasteiger partial charge in [0.15, 0.2) is 0 Å². The standard InChI is InChI=1S/C13H14BrN3O3/c1-2-10(5-6-15)16-13(18)8-9-3-4-11(14)12(7-9)17(19)20/h3-4,7,10H,2,5,8H2,1H3,(H,16,18)/t10-/m0/s1. The highest BCUT2D eigenvalue weighted by atomic mass is 79.9. The number of benzene rings is 1. The lowest BCUT2D eigenvalue weighted by Crippen LogP contribution is -2.35. The third-order valence-electron chi connectivity index (χ3n) is 2.77. The molecule has 0 aliphatic carbocycles. The smallest absolute Gasteiger partial charge is 0.283 e. The molecule has 20 heavy (non-hydrogen) atoms. The van der Waals surface area contributed by atoms with Gasteiger partial charge in [-0.3, -0.25) is 14.9 Å². The van der Waals surface area contributed by atoms with Crippen molar-refractivity contribution in [2.75, 3.05) is 0 Å². The van der Waals surface area contributed by atoms with Crippen molar-refractivity contribution in [2.45, 2.75) is 32.2 Å². The van der Waals surface area contributed by atoms with Crippen LogP contribution in [0.3, 0.4) is 0 Å². The molecule has 1 N–H and O–H groups in total. The summed E-state index contributed by atoms with van der Waals surface area (Å²) in [4.78, 5) is 22.1. The number of nitro groups is 1. The molecule has 0 aliphatic heterocycles. The van der Waals surface area contributed by atoms with Crippen LogP contribution >= 0.6 is 15.9 Å². The Balaban J connectivity index is 2.74. The molecule has 106 valence electrons. The van der Waals surface area contributed by atoms with Crippen molar-refractivity contribution >= 4 is 27.5 Å². The molecule has 0 saturated carbocycles. The topological polar surface area (TPSA) is 96.0 Å². The van der Waals surface area contributed by atoms with E-state index in [0.29, 0.717) is 16.5 Å².